The molecule has 5 atom stereocenters. The van der Waals surface area contributed by atoms with Gasteiger partial charge in [0.1, 0.15) is 35.8 Å². The van der Waals surface area contributed by atoms with E-state index in [2.05, 4.69) is 17.0 Å². The molecule has 264 valence electrons. The number of rotatable bonds is 26. The zero-order valence-corrected chi connectivity index (χ0v) is 29.0. The molecule has 0 amide bonds. The first-order chi connectivity index (χ1) is 22.2. The van der Waals surface area contributed by atoms with Gasteiger partial charge in [-0.05, 0) is 31.9 Å². The number of phosphoric ester groups is 1. The number of nitrogens with zero attached hydrogens (tertiary/aromatic N) is 3. The van der Waals surface area contributed by atoms with E-state index in [9.17, 15) is 19.7 Å². The van der Waals surface area contributed by atoms with Crippen molar-refractivity contribution in [2.24, 2.45) is 0 Å². The van der Waals surface area contributed by atoms with E-state index in [1.54, 1.807) is 19.1 Å². The number of nitrogen functional groups attached to an aromatic ring is 1. The number of ether oxygens (including phenoxy) is 2. The second-order valence-corrected chi connectivity index (χ2v) is 14.2. The summed E-state index contributed by atoms with van der Waals surface area (Å²) in [5.74, 6) is 0.252. The van der Waals surface area contributed by atoms with Crippen molar-refractivity contribution in [3.05, 3.63) is 24.2 Å². The van der Waals surface area contributed by atoms with Gasteiger partial charge in [-0.15, -0.1) is 0 Å². The lowest BCUT2D eigenvalue weighted by atomic mass is 9.93. The molecular formula is C33H59N4O8P. The van der Waals surface area contributed by atoms with Gasteiger partial charge >= 0.3 is 7.82 Å². The Balaban J connectivity index is 1.17. The van der Waals surface area contributed by atoms with Gasteiger partial charge in [0.05, 0.1) is 18.9 Å². The quantitative estimate of drug-likeness (QED) is 0.0641. The molecule has 2 aromatic rings. The van der Waals surface area contributed by atoms with Crippen molar-refractivity contribution < 1.29 is 38.2 Å². The maximum atomic E-state index is 12.4. The summed E-state index contributed by atoms with van der Waals surface area (Å²) < 4.78 is 35.6. The second kappa shape index (κ2) is 20.7. The largest absolute Gasteiger partial charge is 0.472 e. The van der Waals surface area contributed by atoms with Gasteiger partial charge < -0.3 is 30.3 Å². The summed E-state index contributed by atoms with van der Waals surface area (Å²) in [7, 11) is -4.40. The molecular weight excluding hydrogens is 611 g/mol. The summed E-state index contributed by atoms with van der Waals surface area (Å²) in [4.78, 5) is 14.1. The van der Waals surface area contributed by atoms with Crippen molar-refractivity contribution in [1.29, 1.82) is 0 Å². The van der Waals surface area contributed by atoms with E-state index < -0.39 is 38.3 Å². The SMILES string of the molecule is CCCCCCCCCCCCCCCCCCOCCCOP(=O)(O)OC[C@H]1O[C@@](C)(c2ccc3c(N)ncnn23)[C@H](O)[C@@H]1O. The number of hydrogen-bond donors (Lipinski definition) is 4. The Morgan fingerprint density at radius 1 is 0.870 bits per heavy atom. The molecule has 1 unspecified atom stereocenters. The highest BCUT2D eigenvalue weighted by Gasteiger charge is 2.54. The van der Waals surface area contributed by atoms with Crippen LogP contribution in [0.15, 0.2) is 18.5 Å². The van der Waals surface area contributed by atoms with Crippen LogP contribution in [0.5, 0.6) is 0 Å². The van der Waals surface area contributed by atoms with Crippen molar-refractivity contribution in [2.45, 2.75) is 147 Å². The molecule has 5 N–H and O–H groups in total. The van der Waals surface area contributed by atoms with Crippen molar-refractivity contribution in [2.75, 3.05) is 32.2 Å². The molecule has 0 saturated carbocycles. The van der Waals surface area contributed by atoms with Gasteiger partial charge in [-0.1, -0.05) is 103 Å². The molecule has 0 aliphatic carbocycles. The van der Waals surface area contributed by atoms with Gasteiger partial charge in [-0.3, -0.25) is 9.05 Å². The van der Waals surface area contributed by atoms with E-state index in [1.807, 2.05) is 0 Å². The van der Waals surface area contributed by atoms with Crippen molar-refractivity contribution in [1.82, 2.24) is 14.6 Å². The summed E-state index contributed by atoms with van der Waals surface area (Å²) in [6.07, 6.45) is 19.1. The van der Waals surface area contributed by atoms with Crippen LogP contribution in [0.25, 0.3) is 5.52 Å². The summed E-state index contributed by atoms with van der Waals surface area (Å²) in [6.45, 7) is 4.47. The molecule has 0 aromatic carbocycles. The smallest absolute Gasteiger partial charge is 0.387 e. The lowest BCUT2D eigenvalue weighted by molar-refractivity contribution is -0.0888. The molecule has 3 heterocycles. The van der Waals surface area contributed by atoms with Crippen molar-refractivity contribution in [3.63, 3.8) is 0 Å². The average Bonchev–Trinajstić information content (AvgIpc) is 3.57. The van der Waals surface area contributed by atoms with Crippen LogP contribution in [0.3, 0.4) is 0 Å². The van der Waals surface area contributed by atoms with Gasteiger partial charge in [0.2, 0.25) is 0 Å². The third-order valence-corrected chi connectivity index (χ3v) is 9.87. The topological polar surface area (TPSA) is 171 Å². The molecule has 0 radical (unpaired) electrons. The number of aliphatic hydroxyl groups is 2. The van der Waals surface area contributed by atoms with Crippen LogP contribution < -0.4 is 5.73 Å². The fourth-order valence-corrected chi connectivity index (χ4v) is 6.83. The monoisotopic (exact) mass is 670 g/mol. The van der Waals surface area contributed by atoms with Crippen LogP contribution in [0, 0.1) is 0 Å². The number of anilines is 1. The number of hydrogen-bond acceptors (Lipinski definition) is 10. The molecule has 13 heteroatoms. The van der Waals surface area contributed by atoms with E-state index in [0.29, 0.717) is 30.8 Å². The van der Waals surface area contributed by atoms with E-state index in [1.165, 1.54) is 101 Å². The normalized spacial score (nSPS) is 22.9. The zero-order chi connectivity index (χ0) is 33.3. The predicted molar refractivity (Wildman–Crippen MR) is 178 cm³/mol. The van der Waals surface area contributed by atoms with Crippen LogP contribution >= 0.6 is 7.82 Å². The minimum atomic E-state index is -4.40. The number of aromatic nitrogens is 3. The van der Waals surface area contributed by atoms with E-state index >= 15 is 0 Å². The third-order valence-electron chi connectivity index (χ3n) is 8.89. The Bertz CT molecular complexity index is 1170. The van der Waals surface area contributed by atoms with Crippen molar-refractivity contribution in [3.8, 4) is 0 Å². The molecule has 3 rings (SSSR count). The second-order valence-electron chi connectivity index (χ2n) is 12.7. The Kier molecular flexibility index (Phi) is 17.4. The van der Waals surface area contributed by atoms with Crippen LogP contribution in [0.4, 0.5) is 5.82 Å². The van der Waals surface area contributed by atoms with Crippen LogP contribution in [0.1, 0.15) is 129 Å². The highest BCUT2D eigenvalue weighted by atomic mass is 31.2. The lowest BCUT2D eigenvalue weighted by Gasteiger charge is -2.27. The number of nitrogens with two attached hydrogens (primary N) is 1. The maximum absolute atomic E-state index is 12.4. The Labute approximate surface area is 275 Å². The minimum Gasteiger partial charge on any atom is -0.387 e. The molecule has 12 nitrogen and oxygen atoms in total. The number of fused-ring (bicyclic) bond motifs is 1. The van der Waals surface area contributed by atoms with Gasteiger partial charge in [0.25, 0.3) is 0 Å². The lowest BCUT2D eigenvalue weighted by Crippen LogP contribution is -2.39. The fourth-order valence-electron chi connectivity index (χ4n) is 6.06. The van der Waals surface area contributed by atoms with Crippen LogP contribution in [-0.2, 0) is 28.7 Å². The van der Waals surface area contributed by atoms with Crippen LogP contribution in [0.2, 0.25) is 0 Å². The van der Waals surface area contributed by atoms with Gasteiger partial charge in [0.15, 0.2) is 5.82 Å². The number of aliphatic hydroxyl groups excluding tert-OH is 2. The first kappa shape index (κ1) is 38.8. The molecule has 46 heavy (non-hydrogen) atoms. The summed E-state index contributed by atoms with van der Waals surface area (Å²) in [6, 6.07) is 3.35. The molecule has 0 bridgehead atoms. The summed E-state index contributed by atoms with van der Waals surface area (Å²) in [5.41, 5.74) is 5.48. The summed E-state index contributed by atoms with van der Waals surface area (Å²) in [5, 5.41) is 25.6. The molecule has 1 aliphatic heterocycles. The summed E-state index contributed by atoms with van der Waals surface area (Å²) >= 11 is 0. The standard InChI is InChI=1S/C33H59N4O8P/c1-3-4-5-6-7-8-9-10-11-12-13-14-15-16-17-18-22-42-23-19-24-43-46(40,41)44-25-28-30(38)31(39)33(2,45-28)29-21-20-27-32(34)35-26-36-37(27)29/h20-21,26,28,30-31,38-39H,3-19,22-25H2,1-2H3,(H,40,41)(H2,34,35,36)/t28-,30-,31-,33+/m1/s1. The molecule has 0 spiro atoms. The Hall–Kier alpha value is -1.63. The van der Waals surface area contributed by atoms with Gasteiger partial charge in [-0.2, -0.15) is 5.10 Å². The van der Waals surface area contributed by atoms with E-state index in [0.717, 1.165) is 12.8 Å². The minimum absolute atomic E-state index is 0.0155. The van der Waals surface area contributed by atoms with Gasteiger partial charge in [-0.25, -0.2) is 14.1 Å². The van der Waals surface area contributed by atoms with E-state index in [4.69, 9.17) is 24.3 Å². The Morgan fingerprint density at radius 3 is 2.04 bits per heavy atom. The fraction of sp³-hybridized carbons (Fsp3) is 0.818. The first-order valence-electron chi connectivity index (χ1n) is 17.5. The Morgan fingerprint density at radius 2 is 1.43 bits per heavy atom. The predicted octanol–water partition coefficient (Wildman–Crippen LogP) is 6.45. The number of unbranched alkanes of at least 4 members (excludes halogenated alkanes) is 15. The molecule has 1 fully saturated rings. The average molecular weight is 671 g/mol. The van der Waals surface area contributed by atoms with Gasteiger partial charge in [0, 0.05) is 13.2 Å². The zero-order valence-electron chi connectivity index (χ0n) is 28.1. The molecule has 1 aliphatic rings. The van der Waals surface area contributed by atoms with E-state index in [-0.39, 0.29) is 12.4 Å². The maximum Gasteiger partial charge on any atom is 0.472 e. The molecule has 2 aromatic heterocycles. The molecule has 1 saturated heterocycles. The van der Waals surface area contributed by atoms with Crippen LogP contribution in [-0.4, -0.2) is 74.4 Å². The number of phosphoric acid groups is 1. The first-order valence-corrected chi connectivity index (χ1v) is 19.0. The highest BCUT2D eigenvalue weighted by Crippen LogP contribution is 2.46. The third kappa shape index (κ3) is 12.4. The highest BCUT2D eigenvalue weighted by molar-refractivity contribution is 7.47. The van der Waals surface area contributed by atoms with Crippen molar-refractivity contribution >= 4 is 19.2 Å².